The van der Waals surface area contributed by atoms with Gasteiger partial charge in [0.2, 0.25) is 0 Å². The minimum atomic E-state index is -0.469. The summed E-state index contributed by atoms with van der Waals surface area (Å²) in [6, 6.07) is 0. The van der Waals surface area contributed by atoms with Gasteiger partial charge in [0, 0.05) is 0 Å². The minimum Gasteiger partial charge on any atom is -0.449 e. The number of carbonyl (C=O) groups is 1. The summed E-state index contributed by atoms with van der Waals surface area (Å²) < 4.78 is 4.87. The van der Waals surface area contributed by atoms with Crippen LogP contribution in [0.15, 0.2) is 0 Å². The van der Waals surface area contributed by atoms with Crippen LogP contribution in [0.25, 0.3) is 0 Å². The molecule has 78 valence electrons. The third kappa shape index (κ3) is 3.83. The molecular formula is C7H13N5O2. The first-order valence-electron chi connectivity index (χ1n) is 4.31. The average Bonchev–Trinajstić information content (AvgIpc) is 2.63. The molecule has 0 fully saturated rings. The van der Waals surface area contributed by atoms with E-state index in [0.717, 1.165) is 0 Å². The number of aromatic amines is 1. The van der Waals surface area contributed by atoms with Gasteiger partial charge in [0.05, 0.1) is 13.2 Å². The Bertz CT molecular complexity index is 272. The van der Waals surface area contributed by atoms with Gasteiger partial charge in [-0.1, -0.05) is 19.1 Å². The van der Waals surface area contributed by atoms with Crippen molar-refractivity contribution in [2.45, 2.75) is 20.4 Å². The van der Waals surface area contributed by atoms with Crippen LogP contribution in [0.1, 0.15) is 19.7 Å². The smallest absolute Gasteiger partial charge is 0.407 e. The van der Waals surface area contributed by atoms with Crippen molar-refractivity contribution in [1.82, 2.24) is 25.9 Å². The third-order valence-corrected chi connectivity index (χ3v) is 1.33. The lowest BCUT2D eigenvalue weighted by atomic mass is 10.2. The van der Waals surface area contributed by atoms with E-state index in [-0.39, 0.29) is 6.54 Å². The zero-order valence-corrected chi connectivity index (χ0v) is 8.15. The zero-order chi connectivity index (χ0) is 10.4. The van der Waals surface area contributed by atoms with E-state index in [1.165, 1.54) is 0 Å². The van der Waals surface area contributed by atoms with Crippen molar-refractivity contribution >= 4 is 6.09 Å². The fourth-order valence-corrected chi connectivity index (χ4v) is 0.702. The highest BCUT2D eigenvalue weighted by molar-refractivity contribution is 5.66. The molecule has 0 aliphatic rings. The Morgan fingerprint density at radius 1 is 1.64 bits per heavy atom. The van der Waals surface area contributed by atoms with Crippen LogP contribution in [0.3, 0.4) is 0 Å². The van der Waals surface area contributed by atoms with E-state index in [9.17, 15) is 4.79 Å². The number of hydrogen-bond donors (Lipinski definition) is 2. The van der Waals surface area contributed by atoms with Crippen LogP contribution >= 0.6 is 0 Å². The fraction of sp³-hybridized carbons (Fsp3) is 0.714. The molecule has 0 aliphatic carbocycles. The molecule has 1 amide bonds. The van der Waals surface area contributed by atoms with Crippen LogP contribution in [-0.4, -0.2) is 33.3 Å². The Morgan fingerprint density at radius 3 is 3.00 bits per heavy atom. The van der Waals surface area contributed by atoms with Crippen molar-refractivity contribution in [2.24, 2.45) is 5.92 Å². The summed E-state index contributed by atoms with van der Waals surface area (Å²) in [6.07, 6.45) is -0.469. The number of nitrogens with one attached hydrogen (secondary N) is 2. The van der Waals surface area contributed by atoms with E-state index in [1.807, 2.05) is 13.8 Å². The number of alkyl carbamates (subject to hydrolysis) is 1. The molecule has 0 saturated heterocycles. The molecule has 1 aromatic rings. The number of rotatable bonds is 4. The van der Waals surface area contributed by atoms with E-state index in [4.69, 9.17) is 4.74 Å². The Kier molecular flexibility index (Phi) is 3.84. The monoisotopic (exact) mass is 199 g/mol. The first-order valence-corrected chi connectivity index (χ1v) is 4.31. The van der Waals surface area contributed by atoms with E-state index >= 15 is 0 Å². The lowest BCUT2D eigenvalue weighted by Crippen LogP contribution is -2.25. The number of aromatic nitrogens is 4. The summed E-state index contributed by atoms with van der Waals surface area (Å²) in [5.41, 5.74) is 0. The third-order valence-electron chi connectivity index (χ3n) is 1.33. The molecule has 1 rings (SSSR count). The topological polar surface area (TPSA) is 92.8 Å². The van der Waals surface area contributed by atoms with Crippen LogP contribution in [0, 0.1) is 5.92 Å². The highest BCUT2D eigenvalue weighted by Gasteiger charge is 2.04. The summed E-state index contributed by atoms with van der Waals surface area (Å²) in [4.78, 5) is 11.0. The number of hydrogen-bond acceptors (Lipinski definition) is 5. The summed E-state index contributed by atoms with van der Waals surface area (Å²) >= 11 is 0. The molecular weight excluding hydrogens is 186 g/mol. The van der Waals surface area contributed by atoms with Crippen LogP contribution in [0.5, 0.6) is 0 Å². The highest BCUT2D eigenvalue weighted by atomic mass is 16.5. The highest BCUT2D eigenvalue weighted by Crippen LogP contribution is 1.92. The molecule has 0 aromatic carbocycles. The summed E-state index contributed by atoms with van der Waals surface area (Å²) in [5, 5.41) is 15.5. The lowest BCUT2D eigenvalue weighted by Gasteiger charge is -2.06. The number of amides is 1. The maximum Gasteiger partial charge on any atom is 0.407 e. The van der Waals surface area contributed by atoms with E-state index < -0.39 is 6.09 Å². The zero-order valence-electron chi connectivity index (χ0n) is 8.15. The Balaban J connectivity index is 2.15. The van der Waals surface area contributed by atoms with Gasteiger partial charge < -0.3 is 10.1 Å². The molecule has 7 nitrogen and oxygen atoms in total. The van der Waals surface area contributed by atoms with Gasteiger partial charge in [0.1, 0.15) is 0 Å². The quantitative estimate of drug-likeness (QED) is 0.716. The van der Waals surface area contributed by atoms with E-state index in [2.05, 4.69) is 25.9 Å². The van der Waals surface area contributed by atoms with E-state index in [0.29, 0.717) is 18.3 Å². The van der Waals surface area contributed by atoms with Gasteiger partial charge in [-0.3, -0.25) is 0 Å². The average molecular weight is 199 g/mol. The molecule has 0 aliphatic heterocycles. The number of ether oxygens (including phenoxy) is 1. The lowest BCUT2D eigenvalue weighted by molar-refractivity contribution is 0.132. The molecule has 2 N–H and O–H groups in total. The number of nitrogens with zero attached hydrogens (tertiary/aromatic N) is 3. The van der Waals surface area contributed by atoms with Crippen molar-refractivity contribution in [2.75, 3.05) is 6.61 Å². The molecule has 0 bridgehead atoms. The molecule has 1 heterocycles. The van der Waals surface area contributed by atoms with Gasteiger partial charge in [-0.2, -0.15) is 5.21 Å². The van der Waals surface area contributed by atoms with Gasteiger partial charge in [-0.05, 0) is 5.92 Å². The van der Waals surface area contributed by atoms with Gasteiger partial charge >= 0.3 is 6.09 Å². The van der Waals surface area contributed by atoms with Gasteiger partial charge in [-0.15, -0.1) is 10.2 Å². The fourth-order valence-electron chi connectivity index (χ4n) is 0.702. The largest absolute Gasteiger partial charge is 0.449 e. The van der Waals surface area contributed by atoms with Gasteiger partial charge in [-0.25, -0.2) is 4.79 Å². The van der Waals surface area contributed by atoms with Crippen LogP contribution < -0.4 is 5.32 Å². The molecule has 0 spiro atoms. The molecule has 0 radical (unpaired) electrons. The van der Waals surface area contributed by atoms with Crippen molar-refractivity contribution in [3.8, 4) is 0 Å². The first-order chi connectivity index (χ1) is 6.68. The Hall–Kier alpha value is -1.66. The Morgan fingerprint density at radius 2 is 2.43 bits per heavy atom. The molecule has 0 saturated carbocycles. The maximum atomic E-state index is 11.0. The maximum absolute atomic E-state index is 11.0. The SMILES string of the molecule is CC(C)COC(=O)NCc1nn[nH]n1. The summed E-state index contributed by atoms with van der Waals surface area (Å²) in [6.45, 7) is 4.55. The molecule has 1 aromatic heterocycles. The van der Waals surface area contributed by atoms with E-state index in [1.54, 1.807) is 0 Å². The van der Waals surface area contributed by atoms with Gasteiger partial charge in [0.25, 0.3) is 0 Å². The normalized spacial score (nSPS) is 10.2. The number of carbonyl (C=O) groups excluding carboxylic acids is 1. The summed E-state index contributed by atoms with van der Waals surface area (Å²) in [5.74, 6) is 0.748. The minimum absolute atomic E-state index is 0.216. The van der Waals surface area contributed by atoms with Crippen molar-refractivity contribution in [3.63, 3.8) is 0 Å². The van der Waals surface area contributed by atoms with Crippen molar-refractivity contribution < 1.29 is 9.53 Å². The second-order valence-electron chi connectivity index (χ2n) is 3.17. The standard InChI is InChI=1S/C7H13N5O2/c1-5(2)4-14-7(13)8-3-6-9-11-12-10-6/h5H,3-4H2,1-2H3,(H,8,13)(H,9,10,11,12). The molecule has 14 heavy (non-hydrogen) atoms. The second kappa shape index (κ2) is 5.15. The van der Waals surface area contributed by atoms with Crippen LogP contribution in [0.2, 0.25) is 0 Å². The van der Waals surface area contributed by atoms with Crippen LogP contribution in [0.4, 0.5) is 4.79 Å². The van der Waals surface area contributed by atoms with Crippen molar-refractivity contribution in [1.29, 1.82) is 0 Å². The number of tetrazole rings is 1. The second-order valence-corrected chi connectivity index (χ2v) is 3.17. The molecule has 7 heteroatoms. The van der Waals surface area contributed by atoms with Crippen molar-refractivity contribution in [3.05, 3.63) is 5.82 Å². The molecule has 0 unspecified atom stereocenters. The predicted molar refractivity (Wildman–Crippen MR) is 47.2 cm³/mol. The summed E-state index contributed by atoms with van der Waals surface area (Å²) in [7, 11) is 0. The number of H-pyrrole nitrogens is 1. The van der Waals surface area contributed by atoms with Crippen LogP contribution in [-0.2, 0) is 11.3 Å². The Labute approximate surface area is 81.2 Å². The first kappa shape index (κ1) is 10.4. The predicted octanol–water partition coefficient (Wildman–Crippen LogP) is 0.0819. The van der Waals surface area contributed by atoms with Gasteiger partial charge in [0.15, 0.2) is 5.82 Å². The molecule has 0 atom stereocenters.